The molecule has 2 N–H and O–H groups in total. The molecule has 0 aliphatic heterocycles. The second kappa shape index (κ2) is 2.69. The van der Waals surface area contributed by atoms with Crippen molar-refractivity contribution in [2.45, 2.75) is 13.6 Å². The number of H-pyrrole nitrogens is 1. The van der Waals surface area contributed by atoms with Gasteiger partial charge in [-0.1, -0.05) is 0 Å². The van der Waals surface area contributed by atoms with Crippen molar-refractivity contribution in [1.29, 1.82) is 0 Å². The van der Waals surface area contributed by atoms with E-state index in [1.807, 2.05) is 0 Å². The molecule has 1 aromatic heterocycles. The van der Waals surface area contributed by atoms with Gasteiger partial charge < -0.3 is 10.1 Å². The fraction of sp³-hybridized carbons (Fsp3) is 0.333. The lowest BCUT2D eigenvalue weighted by molar-refractivity contribution is 0.0684. The monoisotopic (exact) mass is 158 g/mol. The Bertz CT molecular complexity index is 282. The first-order valence-electron chi connectivity index (χ1n) is 3.00. The fourth-order valence-electron chi connectivity index (χ4n) is 0.728. The number of rotatable bonds is 2. The number of aromatic amines is 1. The number of hydrogen-bond acceptors (Lipinski definition) is 2. The molecular weight excluding hydrogens is 151 g/mol. The molecular formula is C6H7FN2O2. The van der Waals surface area contributed by atoms with E-state index < -0.39 is 12.6 Å². The molecule has 0 aromatic carbocycles. The molecule has 0 bridgehead atoms. The van der Waals surface area contributed by atoms with Crippen LogP contribution in [-0.4, -0.2) is 21.0 Å². The van der Waals surface area contributed by atoms with E-state index >= 15 is 0 Å². The highest BCUT2D eigenvalue weighted by molar-refractivity contribution is 5.83. The SMILES string of the molecule is Cc1[nH]c(C(=O)O)nc1CF. The summed E-state index contributed by atoms with van der Waals surface area (Å²) in [4.78, 5) is 16.2. The summed E-state index contributed by atoms with van der Waals surface area (Å²) in [6.07, 6.45) is 0. The lowest BCUT2D eigenvalue weighted by Gasteiger charge is -1.83. The zero-order valence-electron chi connectivity index (χ0n) is 5.89. The standard InChI is InChI=1S/C6H7FN2O2/c1-3-4(2-7)9-5(8-3)6(10)11/h2H2,1H3,(H,8,9)(H,10,11). The average molecular weight is 158 g/mol. The second-order valence-electron chi connectivity index (χ2n) is 2.10. The van der Waals surface area contributed by atoms with E-state index in [2.05, 4.69) is 9.97 Å². The maximum absolute atomic E-state index is 12.0. The first kappa shape index (κ1) is 7.71. The zero-order valence-corrected chi connectivity index (χ0v) is 5.89. The predicted octanol–water partition coefficient (Wildman–Crippen LogP) is 0.886. The van der Waals surface area contributed by atoms with E-state index in [0.717, 1.165) is 0 Å². The van der Waals surface area contributed by atoms with Gasteiger partial charge in [0.15, 0.2) is 0 Å². The van der Waals surface area contributed by atoms with Crippen LogP contribution >= 0.6 is 0 Å². The third-order valence-corrected chi connectivity index (χ3v) is 1.31. The molecule has 0 aliphatic carbocycles. The summed E-state index contributed by atoms with van der Waals surface area (Å²) in [5.41, 5.74) is 0.618. The lowest BCUT2D eigenvalue weighted by atomic mass is 10.4. The Morgan fingerprint density at radius 1 is 1.82 bits per heavy atom. The van der Waals surface area contributed by atoms with Crippen LogP contribution < -0.4 is 0 Å². The highest BCUT2D eigenvalue weighted by Crippen LogP contribution is 2.05. The largest absolute Gasteiger partial charge is 0.475 e. The summed E-state index contributed by atoms with van der Waals surface area (Å²) >= 11 is 0. The minimum atomic E-state index is -1.17. The second-order valence-corrected chi connectivity index (χ2v) is 2.10. The number of carbonyl (C=O) groups is 1. The summed E-state index contributed by atoms with van der Waals surface area (Å²) in [6, 6.07) is 0. The Kier molecular flexibility index (Phi) is 1.89. The van der Waals surface area contributed by atoms with Gasteiger partial charge in [0.2, 0.25) is 5.82 Å². The topological polar surface area (TPSA) is 66.0 Å². The Morgan fingerprint density at radius 2 is 2.45 bits per heavy atom. The first-order chi connectivity index (χ1) is 5.15. The van der Waals surface area contributed by atoms with Crippen molar-refractivity contribution in [3.8, 4) is 0 Å². The highest BCUT2D eigenvalue weighted by Gasteiger charge is 2.10. The summed E-state index contributed by atoms with van der Waals surface area (Å²) in [5.74, 6) is -1.39. The number of nitrogens with one attached hydrogen (secondary N) is 1. The Hall–Kier alpha value is -1.39. The molecule has 0 atom stereocenters. The van der Waals surface area contributed by atoms with Crippen molar-refractivity contribution in [3.05, 3.63) is 17.2 Å². The van der Waals surface area contributed by atoms with Gasteiger partial charge in [0.1, 0.15) is 6.67 Å². The lowest BCUT2D eigenvalue weighted by Crippen LogP contribution is -1.98. The van der Waals surface area contributed by atoms with Gasteiger partial charge in [0.25, 0.3) is 0 Å². The molecule has 0 saturated heterocycles. The molecule has 11 heavy (non-hydrogen) atoms. The molecule has 0 fully saturated rings. The number of carboxylic acid groups (broad SMARTS) is 1. The number of aryl methyl sites for hydroxylation is 1. The van der Waals surface area contributed by atoms with Crippen molar-refractivity contribution in [2.75, 3.05) is 0 Å². The van der Waals surface area contributed by atoms with E-state index in [-0.39, 0.29) is 11.5 Å². The van der Waals surface area contributed by atoms with Gasteiger partial charge in [-0.05, 0) is 6.92 Å². The van der Waals surface area contributed by atoms with Gasteiger partial charge in [-0.15, -0.1) is 0 Å². The van der Waals surface area contributed by atoms with Crippen LogP contribution in [0.2, 0.25) is 0 Å². The van der Waals surface area contributed by atoms with Crippen LogP contribution in [0.3, 0.4) is 0 Å². The van der Waals surface area contributed by atoms with Crippen LogP contribution in [0.1, 0.15) is 22.0 Å². The van der Waals surface area contributed by atoms with E-state index in [4.69, 9.17) is 5.11 Å². The van der Waals surface area contributed by atoms with Gasteiger partial charge in [-0.2, -0.15) is 0 Å². The number of aromatic carboxylic acids is 1. The summed E-state index contributed by atoms with van der Waals surface area (Å²) in [7, 11) is 0. The molecule has 0 saturated carbocycles. The molecule has 1 aromatic rings. The molecule has 0 aliphatic rings. The van der Waals surface area contributed by atoms with Gasteiger partial charge in [-0.3, -0.25) is 0 Å². The maximum Gasteiger partial charge on any atom is 0.371 e. The minimum absolute atomic E-state index is 0.155. The van der Waals surface area contributed by atoms with Crippen LogP contribution in [0.4, 0.5) is 4.39 Å². The van der Waals surface area contributed by atoms with Gasteiger partial charge in [0, 0.05) is 5.69 Å². The van der Waals surface area contributed by atoms with Crippen molar-refractivity contribution in [3.63, 3.8) is 0 Å². The molecule has 60 valence electrons. The number of alkyl halides is 1. The molecule has 4 nitrogen and oxygen atoms in total. The van der Waals surface area contributed by atoms with Crippen molar-refractivity contribution in [2.24, 2.45) is 0 Å². The van der Waals surface area contributed by atoms with Crippen molar-refractivity contribution >= 4 is 5.97 Å². The normalized spacial score (nSPS) is 10.0. The van der Waals surface area contributed by atoms with Crippen molar-refractivity contribution in [1.82, 2.24) is 9.97 Å². The van der Waals surface area contributed by atoms with Crippen LogP contribution in [0.15, 0.2) is 0 Å². The molecule has 1 heterocycles. The quantitative estimate of drug-likeness (QED) is 0.671. The van der Waals surface area contributed by atoms with Crippen LogP contribution in [0, 0.1) is 6.92 Å². The molecule has 0 amide bonds. The van der Waals surface area contributed by atoms with E-state index in [1.54, 1.807) is 6.92 Å². The third-order valence-electron chi connectivity index (χ3n) is 1.31. The van der Waals surface area contributed by atoms with Crippen LogP contribution in [0.25, 0.3) is 0 Å². The summed E-state index contributed by atoms with van der Waals surface area (Å²) < 4.78 is 12.0. The number of carboxylic acids is 1. The first-order valence-corrected chi connectivity index (χ1v) is 3.00. The average Bonchev–Trinajstić information content (AvgIpc) is 2.31. The summed E-state index contributed by atoms with van der Waals surface area (Å²) in [6.45, 7) is 0.837. The third kappa shape index (κ3) is 1.36. The van der Waals surface area contributed by atoms with Gasteiger partial charge in [-0.25, -0.2) is 14.2 Å². The molecule has 0 radical (unpaired) electrons. The summed E-state index contributed by atoms with van der Waals surface area (Å²) in [5, 5.41) is 8.40. The maximum atomic E-state index is 12.0. The Labute approximate surface area is 62.1 Å². The van der Waals surface area contributed by atoms with Gasteiger partial charge >= 0.3 is 5.97 Å². The smallest absolute Gasteiger partial charge is 0.371 e. The van der Waals surface area contributed by atoms with E-state index in [0.29, 0.717) is 5.69 Å². The molecule has 0 spiro atoms. The molecule has 1 rings (SSSR count). The van der Waals surface area contributed by atoms with E-state index in [1.165, 1.54) is 0 Å². The number of nitrogens with zero attached hydrogens (tertiary/aromatic N) is 1. The molecule has 5 heteroatoms. The van der Waals surface area contributed by atoms with Crippen LogP contribution in [0.5, 0.6) is 0 Å². The Morgan fingerprint density at radius 3 is 2.73 bits per heavy atom. The fourth-order valence-corrected chi connectivity index (χ4v) is 0.728. The predicted molar refractivity (Wildman–Crippen MR) is 35.1 cm³/mol. The number of imidazole rings is 1. The zero-order chi connectivity index (χ0) is 8.43. The number of halogens is 1. The minimum Gasteiger partial charge on any atom is -0.475 e. The Balaban J connectivity index is 3.05. The number of hydrogen-bond donors (Lipinski definition) is 2. The van der Waals surface area contributed by atoms with Crippen LogP contribution in [-0.2, 0) is 6.67 Å². The van der Waals surface area contributed by atoms with Crippen molar-refractivity contribution < 1.29 is 14.3 Å². The highest BCUT2D eigenvalue weighted by atomic mass is 19.1. The molecule has 0 unspecified atom stereocenters. The number of aromatic nitrogens is 2. The van der Waals surface area contributed by atoms with E-state index in [9.17, 15) is 9.18 Å². The van der Waals surface area contributed by atoms with Gasteiger partial charge in [0.05, 0.1) is 5.69 Å².